The number of hydrogen-bond acceptors (Lipinski definition) is 6. The zero-order valence-corrected chi connectivity index (χ0v) is 15.2. The van der Waals surface area contributed by atoms with E-state index in [0.29, 0.717) is 11.1 Å². The smallest absolute Gasteiger partial charge is 0.387 e. The number of ether oxygens (including phenoxy) is 2. The van der Waals surface area contributed by atoms with Gasteiger partial charge in [0.05, 0.1) is 7.11 Å². The van der Waals surface area contributed by atoms with E-state index >= 15 is 0 Å². The van der Waals surface area contributed by atoms with Crippen LogP contribution in [0.5, 0.6) is 11.5 Å². The highest BCUT2D eigenvalue weighted by Crippen LogP contribution is 2.29. The van der Waals surface area contributed by atoms with E-state index < -0.39 is 6.61 Å². The highest BCUT2D eigenvalue weighted by Gasteiger charge is 2.12. The molecule has 0 radical (unpaired) electrons. The number of amides is 1. The number of aromatic nitrogens is 4. The minimum atomic E-state index is -2.97. The Kier molecular flexibility index (Phi) is 6.27. The van der Waals surface area contributed by atoms with Gasteiger partial charge in [-0.15, -0.1) is 10.2 Å². The number of nitrogens with zero attached hydrogens (tertiary/aromatic N) is 4. The Hall–Kier alpha value is -3.63. The number of tetrazole rings is 1. The molecule has 11 heteroatoms. The van der Waals surface area contributed by atoms with Crippen molar-refractivity contribution in [3.05, 3.63) is 53.8 Å². The number of nitrogens with one attached hydrogen (secondary N) is 1. The predicted molar refractivity (Wildman–Crippen MR) is 94.7 cm³/mol. The van der Waals surface area contributed by atoms with E-state index in [-0.39, 0.29) is 42.1 Å². The molecular weight excluding hydrogens is 391 g/mol. The molecule has 3 aromatic rings. The minimum Gasteiger partial charge on any atom is -0.493 e. The molecule has 2 aromatic carbocycles. The molecule has 1 N–H and O–H groups in total. The van der Waals surface area contributed by atoms with Crippen LogP contribution < -0.4 is 14.8 Å². The van der Waals surface area contributed by atoms with Gasteiger partial charge < -0.3 is 14.8 Å². The lowest BCUT2D eigenvalue weighted by atomic mass is 10.2. The van der Waals surface area contributed by atoms with Crippen molar-refractivity contribution < 1.29 is 27.4 Å². The number of methoxy groups -OCH3 is 1. The molecule has 0 aliphatic heterocycles. The highest BCUT2D eigenvalue weighted by atomic mass is 19.3. The van der Waals surface area contributed by atoms with Crippen LogP contribution in [0.4, 0.5) is 13.2 Å². The topological polar surface area (TPSA) is 91.2 Å². The van der Waals surface area contributed by atoms with Gasteiger partial charge in [-0.25, -0.2) is 4.39 Å². The first-order valence-corrected chi connectivity index (χ1v) is 8.37. The van der Waals surface area contributed by atoms with Crippen molar-refractivity contribution in [1.82, 2.24) is 25.5 Å². The van der Waals surface area contributed by atoms with Gasteiger partial charge >= 0.3 is 6.61 Å². The van der Waals surface area contributed by atoms with Crippen LogP contribution in [-0.2, 0) is 17.9 Å². The molecule has 0 bridgehead atoms. The summed E-state index contributed by atoms with van der Waals surface area (Å²) in [6.45, 7) is -3.02. The maximum Gasteiger partial charge on any atom is 0.387 e. The van der Waals surface area contributed by atoms with Crippen LogP contribution in [0.1, 0.15) is 5.56 Å². The Bertz CT molecular complexity index is 979. The Morgan fingerprint density at radius 2 is 1.93 bits per heavy atom. The van der Waals surface area contributed by atoms with Crippen molar-refractivity contribution in [3.63, 3.8) is 0 Å². The van der Waals surface area contributed by atoms with E-state index in [0.717, 1.165) is 4.80 Å². The molecule has 0 spiro atoms. The van der Waals surface area contributed by atoms with Gasteiger partial charge in [0.25, 0.3) is 0 Å². The monoisotopic (exact) mass is 407 g/mol. The Morgan fingerprint density at radius 3 is 2.62 bits per heavy atom. The maximum absolute atomic E-state index is 13.0. The van der Waals surface area contributed by atoms with Crippen LogP contribution >= 0.6 is 0 Å². The molecule has 1 amide bonds. The standard InChI is InChI=1S/C18H16F3N5O3/c1-28-15-8-11(2-7-14(15)29-18(20)21)9-22-16(27)10-26-24-17(23-25-26)12-3-5-13(19)6-4-12/h2-8,18H,9-10H2,1H3,(H,22,27). The van der Waals surface area contributed by atoms with Gasteiger partial charge in [-0.1, -0.05) is 6.07 Å². The van der Waals surface area contributed by atoms with Gasteiger partial charge in [-0.2, -0.15) is 13.6 Å². The summed E-state index contributed by atoms with van der Waals surface area (Å²) in [5.41, 5.74) is 1.19. The fourth-order valence-corrected chi connectivity index (χ4v) is 2.43. The summed E-state index contributed by atoms with van der Waals surface area (Å²) >= 11 is 0. The highest BCUT2D eigenvalue weighted by molar-refractivity contribution is 5.75. The van der Waals surface area contributed by atoms with Crippen LogP contribution in [-0.4, -0.2) is 39.8 Å². The number of carbonyl (C=O) groups is 1. The van der Waals surface area contributed by atoms with Crippen LogP contribution in [0.25, 0.3) is 11.4 Å². The summed E-state index contributed by atoms with van der Waals surface area (Å²) in [5, 5.41) is 14.4. The molecule has 0 atom stereocenters. The van der Waals surface area contributed by atoms with Crippen molar-refractivity contribution >= 4 is 5.91 Å². The van der Waals surface area contributed by atoms with Gasteiger partial charge in [-0.3, -0.25) is 4.79 Å². The quantitative estimate of drug-likeness (QED) is 0.617. The first kappa shape index (κ1) is 20.1. The van der Waals surface area contributed by atoms with Crippen LogP contribution in [0.2, 0.25) is 0 Å². The SMILES string of the molecule is COc1cc(CNC(=O)Cn2nnc(-c3ccc(F)cc3)n2)ccc1OC(F)F. The summed E-state index contributed by atoms with van der Waals surface area (Å²) in [4.78, 5) is 13.2. The molecule has 8 nitrogen and oxygen atoms in total. The molecule has 3 rings (SSSR count). The number of benzene rings is 2. The summed E-state index contributed by atoms with van der Waals surface area (Å²) < 4.78 is 47.0. The van der Waals surface area contributed by atoms with Gasteiger partial charge in [0, 0.05) is 12.1 Å². The average molecular weight is 407 g/mol. The number of hydrogen-bond donors (Lipinski definition) is 1. The van der Waals surface area contributed by atoms with Gasteiger partial charge in [0.2, 0.25) is 11.7 Å². The third-order valence-electron chi connectivity index (χ3n) is 3.77. The molecular formula is C18H16F3N5O3. The molecule has 152 valence electrons. The summed E-state index contributed by atoms with van der Waals surface area (Å²) in [5.74, 6) is -0.486. The normalized spacial score (nSPS) is 10.8. The van der Waals surface area contributed by atoms with Crippen molar-refractivity contribution in [2.45, 2.75) is 19.7 Å². The second-order valence-corrected chi connectivity index (χ2v) is 5.79. The fraction of sp³-hybridized carbons (Fsp3) is 0.222. The zero-order chi connectivity index (χ0) is 20.8. The number of halogens is 3. The van der Waals surface area contributed by atoms with Gasteiger partial charge in [-0.05, 0) is 47.2 Å². The van der Waals surface area contributed by atoms with Crippen molar-refractivity contribution in [2.75, 3.05) is 7.11 Å². The van der Waals surface area contributed by atoms with Crippen molar-refractivity contribution in [2.24, 2.45) is 0 Å². The molecule has 1 aromatic heterocycles. The lowest BCUT2D eigenvalue weighted by Gasteiger charge is -2.11. The molecule has 0 aliphatic rings. The number of rotatable bonds is 8. The molecule has 29 heavy (non-hydrogen) atoms. The largest absolute Gasteiger partial charge is 0.493 e. The first-order valence-electron chi connectivity index (χ1n) is 8.37. The molecule has 0 fully saturated rings. The van der Waals surface area contributed by atoms with E-state index in [1.54, 1.807) is 0 Å². The Labute approximate surface area is 163 Å². The minimum absolute atomic E-state index is 0.0993. The Morgan fingerprint density at radius 1 is 1.17 bits per heavy atom. The molecule has 1 heterocycles. The van der Waals surface area contributed by atoms with E-state index in [1.807, 2.05) is 0 Å². The third-order valence-corrected chi connectivity index (χ3v) is 3.77. The Balaban J connectivity index is 1.57. The molecule has 0 saturated heterocycles. The van der Waals surface area contributed by atoms with Crippen molar-refractivity contribution in [3.8, 4) is 22.9 Å². The zero-order valence-electron chi connectivity index (χ0n) is 15.2. The van der Waals surface area contributed by atoms with Gasteiger partial charge in [0.15, 0.2) is 11.5 Å². The van der Waals surface area contributed by atoms with E-state index in [1.165, 1.54) is 49.6 Å². The lowest BCUT2D eigenvalue weighted by Crippen LogP contribution is -2.28. The van der Waals surface area contributed by atoms with E-state index in [4.69, 9.17) is 4.74 Å². The molecule has 0 saturated carbocycles. The summed E-state index contributed by atoms with van der Waals surface area (Å²) in [6, 6.07) is 9.90. The fourth-order valence-electron chi connectivity index (χ4n) is 2.43. The summed E-state index contributed by atoms with van der Waals surface area (Å²) in [6.07, 6.45) is 0. The molecule has 0 unspecified atom stereocenters. The predicted octanol–water partition coefficient (Wildman–Crippen LogP) is 2.41. The number of alkyl halides is 2. The van der Waals surface area contributed by atoms with Crippen molar-refractivity contribution in [1.29, 1.82) is 0 Å². The van der Waals surface area contributed by atoms with E-state index in [2.05, 4.69) is 25.5 Å². The van der Waals surface area contributed by atoms with Crippen LogP contribution in [0.15, 0.2) is 42.5 Å². The first-order chi connectivity index (χ1) is 13.9. The second-order valence-electron chi connectivity index (χ2n) is 5.79. The third kappa shape index (κ3) is 5.43. The van der Waals surface area contributed by atoms with Gasteiger partial charge in [0.1, 0.15) is 12.4 Å². The summed E-state index contributed by atoms with van der Waals surface area (Å²) in [7, 11) is 1.32. The van der Waals surface area contributed by atoms with E-state index in [9.17, 15) is 18.0 Å². The second kappa shape index (κ2) is 9.04. The average Bonchev–Trinajstić information content (AvgIpc) is 3.15. The number of carbonyl (C=O) groups excluding carboxylic acids is 1. The van der Waals surface area contributed by atoms with Crippen LogP contribution in [0.3, 0.4) is 0 Å². The lowest BCUT2D eigenvalue weighted by molar-refractivity contribution is -0.122. The maximum atomic E-state index is 13.0. The van der Waals surface area contributed by atoms with Crippen LogP contribution in [0, 0.1) is 5.82 Å². The molecule has 0 aliphatic carbocycles.